The molecule has 4 rings (SSSR count). The van der Waals surface area contributed by atoms with Crippen molar-refractivity contribution in [2.45, 2.75) is 26.3 Å². The Morgan fingerprint density at radius 3 is 2.43 bits per heavy atom. The maximum absolute atomic E-state index is 13.2. The van der Waals surface area contributed by atoms with Crippen molar-refractivity contribution in [3.8, 4) is 5.75 Å². The second-order valence-electron chi connectivity index (χ2n) is 7.86. The van der Waals surface area contributed by atoms with Gasteiger partial charge in [0, 0.05) is 5.56 Å². The van der Waals surface area contributed by atoms with Crippen molar-refractivity contribution in [1.29, 1.82) is 0 Å². The average Bonchev–Trinajstić information content (AvgIpc) is 3.39. The molecule has 1 amide bonds. The molecule has 1 saturated heterocycles. The third-order valence-electron chi connectivity index (χ3n) is 5.52. The Hall–Kier alpha value is -3.98. The predicted octanol–water partition coefficient (Wildman–Crippen LogP) is 4.65. The maximum Gasteiger partial charge on any atom is 0.350 e. The Bertz CT molecular complexity index is 1300. The summed E-state index contributed by atoms with van der Waals surface area (Å²) in [6.07, 6.45) is 0.857. The molecule has 1 fully saturated rings. The first kappa shape index (κ1) is 24.2. The van der Waals surface area contributed by atoms with Gasteiger partial charge in [0.05, 0.1) is 31.0 Å². The summed E-state index contributed by atoms with van der Waals surface area (Å²) in [6.45, 7) is 4.19. The molecule has 2 aromatic carbocycles. The number of rotatable bonds is 7. The summed E-state index contributed by atoms with van der Waals surface area (Å²) < 4.78 is 10.4. The first-order chi connectivity index (χ1) is 16.9. The fraction of sp³-hybridized carbons (Fsp3) is 0.231. The molecule has 0 aliphatic carbocycles. The van der Waals surface area contributed by atoms with Crippen molar-refractivity contribution in [1.82, 2.24) is 4.98 Å². The molecule has 1 aliphatic rings. The zero-order valence-electron chi connectivity index (χ0n) is 19.5. The molecule has 0 unspecified atom stereocenters. The molecular formula is C26H24N2O6S. The highest BCUT2D eigenvalue weighted by Gasteiger charge is 2.48. The van der Waals surface area contributed by atoms with E-state index in [1.54, 1.807) is 55.5 Å². The van der Waals surface area contributed by atoms with Gasteiger partial charge in [0.1, 0.15) is 16.4 Å². The van der Waals surface area contributed by atoms with Gasteiger partial charge in [-0.05, 0) is 43.2 Å². The van der Waals surface area contributed by atoms with E-state index in [4.69, 9.17) is 9.47 Å². The van der Waals surface area contributed by atoms with Crippen LogP contribution in [0.4, 0.5) is 5.13 Å². The molecule has 8 nitrogen and oxygen atoms in total. The number of nitrogens with zero attached hydrogens (tertiary/aromatic N) is 2. The Kier molecular flexibility index (Phi) is 6.97. The number of aliphatic hydroxyl groups excluding tert-OH is 1. The number of benzene rings is 2. The number of thiazole rings is 1. The van der Waals surface area contributed by atoms with Crippen molar-refractivity contribution in [3.05, 3.63) is 81.9 Å². The molecule has 1 aromatic heterocycles. The van der Waals surface area contributed by atoms with Crippen LogP contribution in [-0.2, 0) is 14.3 Å². The number of esters is 1. The third-order valence-corrected chi connectivity index (χ3v) is 6.66. The average molecular weight is 493 g/mol. The van der Waals surface area contributed by atoms with Gasteiger partial charge in [-0.3, -0.25) is 14.5 Å². The molecule has 9 heteroatoms. The standard InChI is InChI=1S/C26H24N2O6S/c1-4-14-34-18-12-10-17(11-13-18)21(29)19-20(16-8-6-5-7-9-16)28(24(31)22(19)30)26-27-15(2)23(35-26)25(32)33-3/h5-13,20,29H,4,14H2,1-3H3/b21-19+/t20-/m0/s1. The predicted molar refractivity (Wildman–Crippen MR) is 132 cm³/mol. The highest BCUT2D eigenvalue weighted by Crippen LogP contribution is 2.43. The topological polar surface area (TPSA) is 106 Å². The van der Waals surface area contributed by atoms with E-state index < -0.39 is 23.7 Å². The Balaban J connectivity index is 1.84. The van der Waals surface area contributed by atoms with E-state index in [2.05, 4.69) is 4.98 Å². The van der Waals surface area contributed by atoms with Crippen LogP contribution >= 0.6 is 11.3 Å². The maximum atomic E-state index is 13.2. The normalized spacial score (nSPS) is 17.0. The molecular weight excluding hydrogens is 468 g/mol. The zero-order chi connectivity index (χ0) is 25.1. The van der Waals surface area contributed by atoms with Gasteiger partial charge in [-0.2, -0.15) is 0 Å². The molecule has 1 N–H and O–H groups in total. The van der Waals surface area contributed by atoms with E-state index in [0.29, 0.717) is 29.2 Å². The molecule has 180 valence electrons. The number of carbonyl (C=O) groups is 3. The number of ketones is 1. The molecule has 1 atom stereocenters. The lowest BCUT2D eigenvalue weighted by Gasteiger charge is -2.23. The van der Waals surface area contributed by atoms with Crippen molar-refractivity contribution >= 4 is 39.9 Å². The summed E-state index contributed by atoms with van der Waals surface area (Å²) in [5, 5.41) is 11.4. The summed E-state index contributed by atoms with van der Waals surface area (Å²) in [6, 6.07) is 14.6. The summed E-state index contributed by atoms with van der Waals surface area (Å²) >= 11 is 0.959. The number of hydrogen-bond acceptors (Lipinski definition) is 8. The van der Waals surface area contributed by atoms with Crippen LogP contribution < -0.4 is 9.64 Å². The van der Waals surface area contributed by atoms with Crippen molar-refractivity contribution in [2.75, 3.05) is 18.6 Å². The van der Waals surface area contributed by atoms with Crippen LogP contribution in [0.25, 0.3) is 5.76 Å². The molecule has 0 radical (unpaired) electrons. The number of anilines is 1. The SMILES string of the molecule is CCCOc1ccc(/C(O)=C2\C(=O)C(=O)N(c3nc(C)c(C(=O)OC)s3)[C@H]2c2ccccc2)cc1. The quantitative estimate of drug-likeness (QED) is 0.221. The number of aryl methyl sites for hydroxylation is 1. The molecule has 3 aromatic rings. The van der Waals surface area contributed by atoms with Gasteiger partial charge in [-0.1, -0.05) is 48.6 Å². The minimum atomic E-state index is -0.928. The van der Waals surface area contributed by atoms with Gasteiger partial charge in [-0.25, -0.2) is 9.78 Å². The summed E-state index contributed by atoms with van der Waals surface area (Å²) in [5.41, 5.74) is 1.31. The van der Waals surface area contributed by atoms with Gasteiger partial charge in [0.15, 0.2) is 5.13 Å². The van der Waals surface area contributed by atoms with Gasteiger partial charge >= 0.3 is 11.9 Å². The molecule has 0 saturated carbocycles. The monoisotopic (exact) mass is 492 g/mol. The van der Waals surface area contributed by atoms with E-state index in [1.807, 2.05) is 13.0 Å². The van der Waals surface area contributed by atoms with Crippen LogP contribution in [0.3, 0.4) is 0 Å². The minimum Gasteiger partial charge on any atom is -0.507 e. The molecule has 35 heavy (non-hydrogen) atoms. The lowest BCUT2D eigenvalue weighted by molar-refractivity contribution is -0.132. The Morgan fingerprint density at radius 2 is 1.80 bits per heavy atom. The summed E-state index contributed by atoms with van der Waals surface area (Å²) in [5.74, 6) is -1.92. The zero-order valence-corrected chi connectivity index (χ0v) is 20.3. The van der Waals surface area contributed by atoms with Crippen molar-refractivity contribution in [2.24, 2.45) is 0 Å². The number of hydrogen-bond donors (Lipinski definition) is 1. The van der Waals surface area contributed by atoms with E-state index in [1.165, 1.54) is 12.0 Å². The van der Waals surface area contributed by atoms with Crippen LogP contribution in [-0.4, -0.2) is 41.5 Å². The first-order valence-electron chi connectivity index (χ1n) is 11.0. The molecule has 0 spiro atoms. The van der Waals surface area contributed by atoms with Crippen LogP contribution in [0.1, 0.15) is 45.9 Å². The van der Waals surface area contributed by atoms with Crippen molar-refractivity contribution in [3.63, 3.8) is 0 Å². The summed E-state index contributed by atoms with van der Waals surface area (Å²) in [4.78, 5) is 44.4. The van der Waals surface area contributed by atoms with E-state index in [9.17, 15) is 19.5 Å². The number of carbonyl (C=O) groups excluding carboxylic acids is 3. The highest BCUT2D eigenvalue weighted by molar-refractivity contribution is 7.17. The summed E-state index contributed by atoms with van der Waals surface area (Å²) in [7, 11) is 1.26. The molecule has 0 bridgehead atoms. The molecule has 2 heterocycles. The third kappa shape index (κ3) is 4.54. The molecule has 1 aliphatic heterocycles. The number of aromatic nitrogens is 1. The largest absolute Gasteiger partial charge is 0.507 e. The van der Waals surface area contributed by atoms with E-state index >= 15 is 0 Å². The van der Waals surface area contributed by atoms with Crippen molar-refractivity contribution < 1.29 is 29.0 Å². The number of methoxy groups -OCH3 is 1. The second kappa shape index (κ2) is 10.1. The number of amides is 1. The Labute approximate surface area is 206 Å². The van der Waals surface area contributed by atoms with Gasteiger partial charge < -0.3 is 14.6 Å². The van der Waals surface area contributed by atoms with Crippen LogP contribution in [0.15, 0.2) is 60.2 Å². The lowest BCUT2D eigenvalue weighted by Crippen LogP contribution is -2.29. The first-order valence-corrected chi connectivity index (χ1v) is 11.8. The minimum absolute atomic E-state index is 0.0594. The van der Waals surface area contributed by atoms with Gasteiger partial charge in [0.2, 0.25) is 0 Å². The van der Waals surface area contributed by atoms with Crippen LogP contribution in [0.2, 0.25) is 0 Å². The Morgan fingerprint density at radius 1 is 1.11 bits per heavy atom. The number of ether oxygens (including phenoxy) is 2. The van der Waals surface area contributed by atoms with E-state index in [0.717, 1.165) is 17.8 Å². The van der Waals surface area contributed by atoms with Crippen LogP contribution in [0, 0.1) is 6.92 Å². The fourth-order valence-electron chi connectivity index (χ4n) is 3.83. The second-order valence-corrected chi connectivity index (χ2v) is 8.83. The number of aliphatic hydroxyl groups is 1. The highest BCUT2D eigenvalue weighted by atomic mass is 32.1. The van der Waals surface area contributed by atoms with E-state index in [-0.39, 0.29) is 21.3 Å². The lowest BCUT2D eigenvalue weighted by atomic mass is 9.95. The smallest absolute Gasteiger partial charge is 0.350 e. The number of Topliss-reactive ketones (excluding diaryl/α,β-unsaturated/α-hetero) is 1. The van der Waals surface area contributed by atoms with Gasteiger partial charge in [-0.15, -0.1) is 0 Å². The fourth-order valence-corrected chi connectivity index (χ4v) is 4.84. The van der Waals surface area contributed by atoms with Gasteiger partial charge in [0.25, 0.3) is 5.78 Å². The van der Waals surface area contributed by atoms with Crippen LogP contribution in [0.5, 0.6) is 5.75 Å².